The van der Waals surface area contributed by atoms with Crippen LogP contribution in [0.4, 0.5) is 4.39 Å². The predicted molar refractivity (Wildman–Crippen MR) is 48.1 cm³/mol. The summed E-state index contributed by atoms with van der Waals surface area (Å²) in [5, 5.41) is 2.63. The number of nitrogens with one attached hydrogen (secondary N) is 1. The van der Waals surface area contributed by atoms with Crippen molar-refractivity contribution in [2.45, 2.75) is 6.10 Å². The molecule has 4 heteroatoms. The highest BCUT2D eigenvalue weighted by atomic mass is 19.1. The molecule has 0 radical (unpaired) electrons. The summed E-state index contributed by atoms with van der Waals surface area (Å²) >= 11 is 0. The summed E-state index contributed by atoms with van der Waals surface area (Å²) in [7, 11) is 0. The van der Waals surface area contributed by atoms with Gasteiger partial charge in [0, 0.05) is 12.1 Å². The molecule has 0 aromatic heterocycles. The standard InChI is InChI=1S/C10H10FNO2/c11-8-4-2-1-3-7(8)9-5-12-10(13)6-14-9/h1-4,9H,5-6H2,(H,12,13). The predicted octanol–water partition coefficient (Wildman–Crippen LogP) is 1.01. The Hall–Kier alpha value is -1.42. The number of ether oxygens (including phenoxy) is 1. The third-order valence-corrected chi connectivity index (χ3v) is 2.15. The molecule has 1 N–H and O–H groups in total. The van der Waals surface area contributed by atoms with Crippen LogP contribution < -0.4 is 5.32 Å². The van der Waals surface area contributed by atoms with Gasteiger partial charge in [0.2, 0.25) is 5.91 Å². The molecular weight excluding hydrogens is 185 g/mol. The van der Waals surface area contributed by atoms with Gasteiger partial charge in [-0.2, -0.15) is 0 Å². The maximum Gasteiger partial charge on any atom is 0.246 e. The highest BCUT2D eigenvalue weighted by Gasteiger charge is 2.22. The number of benzene rings is 1. The van der Waals surface area contributed by atoms with Crippen LogP contribution in [0.15, 0.2) is 24.3 Å². The van der Waals surface area contributed by atoms with E-state index in [1.54, 1.807) is 18.2 Å². The average molecular weight is 195 g/mol. The molecule has 1 aromatic carbocycles. The Labute approximate surface area is 80.9 Å². The molecule has 1 heterocycles. The fraction of sp³-hybridized carbons (Fsp3) is 0.300. The first-order chi connectivity index (χ1) is 6.77. The zero-order chi connectivity index (χ0) is 9.97. The molecule has 1 aromatic rings. The average Bonchev–Trinajstić information content (AvgIpc) is 2.20. The molecule has 1 atom stereocenters. The van der Waals surface area contributed by atoms with E-state index in [0.717, 1.165) is 0 Å². The first-order valence-corrected chi connectivity index (χ1v) is 4.40. The normalized spacial score (nSPS) is 21.8. The largest absolute Gasteiger partial charge is 0.362 e. The Balaban J connectivity index is 2.16. The number of halogens is 1. The van der Waals surface area contributed by atoms with E-state index >= 15 is 0 Å². The van der Waals surface area contributed by atoms with Gasteiger partial charge in [-0.3, -0.25) is 4.79 Å². The minimum Gasteiger partial charge on any atom is -0.362 e. The summed E-state index contributed by atoms with van der Waals surface area (Å²) < 4.78 is 18.5. The zero-order valence-corrected chi connectivity index (χ0v) is 7.50. The Morgan fingerprint density at radius 3 is 2.86 bits per heavy atom. The molecule has 14 heavy (non-hydrogen) atoms. The topological polar surface area (TPSA) is 38.3 Å². The van der Waals surface area contributed by atoms with Crippen molar-refractivity contribution in [1.29, 1.82) is 0 Å². The van der Waals surface area contributed by atoms with Crippen molar-refractivity contribution < 1.29 is 13.9 Å². The smallest absolute Gasteiger partial charge is 0.246 e. The molecule has 0 bridgehead atoms. The number of hydrogen-bond donors (Lipinski definition) is 1. The van der Waals surface area contributed by atoms with Crippen LogP contribution in [0, 0.1) is 5.82 Å². The van der Waals surface area contributed by atoms with E-state index < -0.39 is 0 Å². The maximum absolute atomic E-state index is 13.3. The van der Waals surface area contributed by atoms with Gasteiger partial charge in [-0.1, -0.05) is 18.2 Å². The van der Waals surface area contributed by atoms with E-state index in [-0.39, 0.29) is 24.4 Å². The van der Waals surface area contributed by atoms with Crippen LogP contribution in [-0.2, 0) is 9.53 Å². The molecule has 2 rings (SSSR count). The summed E-state index contributed by atoms with van der Waals surface area (Å²) in [6.45, 7) is 0.332. The Kier molecular flexibility index (Phi) is 2.45. The van der Waals surface area contributed by atoms with Gasteiger partial charge in [-0.05, 0) is 6.07 Å². The number of amides is 1. The van der Waals surface area contributed by atoms with Crippen molar-refractivity contribution in [2.24, 2.45) is 0 Å². The monoisotopic (exact) mass is 195 g/mol. The lowest BCUT2D eigenvalue weighted by atomic mass is 10.1. The van der Waals surface area contributed by atoms with Crippen LogP contribution in [-0.4, -0.2) is 19.1 Å². The van der Waals surface area contributed by atoms with Gasteiger partial charge in [0.1, 0.15) is 18.5 Å². The zero-order valence-electron chi connectivity index (χ0n) is 7.50. The SMILES string of the molecule is O=C1COC(c2ccccc2F)CN1. The van der Waals surface area contributed by atoms with Crippen molar-refractivity contribution in [3.8, 4) is 0 Å². The number of carbonyl (C=O) groups excluding carboxylic acids is 1. The lowest BCUT2D eigenvalue weighted by Crippen LogP contribution is -2.38. The minimum atomic E-state index is -0.367. The van der Waals surface area contributed by atoms with E-state index in [9.17, 15) is 9.18 Å². The molecule has 0 aliphatic carbocycles. The highest BCUT2D eigenvalue weighted by Crippen LogP contribution is 2.21. The van der Waals surface area contributed by atoms with Gasteiger partial charge in [-0.15, -0.1) is 0 Å². The van der Waals surface area contributed by atoms with Crippen LogP contribution in [0.3, 0.4) is 0 Å². The first-order valence-electron chi connectivity index (χ1n) is 4.40. The lowest BCUT2D eigenvalue weighted by molar-refractivity contribution is -0.133. The van der Waals surface area contributed by atoms with E-state index in [1.807, 2.05) is 0 Å². The Morgan fingerprint density at radius 1 is 1.43 bits per heavy atom. The first kappa shape index (κ1) is 9.15. The number of rotatable bonds is 1. The van der Waals surface area contributed by atoms with Crippen molar-refractivity contribution in [3.05, 3.63) is 35.6 Å². The van der Waals surface area contributed by atoms with Gasteiger partial charge >= 0.3 is 0 Å². The second-order valence-corrected chi connectivity index (χ2v) is 3.13. The molecule has 1 fully saturated rings. The van der Waals surface area contributed by atoms with Crippen LogP contribution in [0.25, 0.3) is 0 Å². The second kappa shape index (κ2) is 3.75. The molecule has 1 aliphatic rings. The molecule has 1 amide bonds. The fourth-order valence-corrected chi connectivity index (χ4v) is 1.43. The van der Waals surface area contributed by atoms with E-state index in [1.165, 1.54) is 6.07 Å². The summed E-state index contributed by atoms with van der Waals surface area (Å²) in [5.74, 6) is -0.453. The molecule has 1 unspecified atom stereocenters. The van der Waals surface area contributed by atoms with Crippen molar-refractivity contribution >= 4 is 5.91 Å². The van der Waals surface area contributed by atoms with Gasteiger partial charge in [0.15, 0.2) is 0 Å². The van der Waals surface area contributed by atoms with Crippen LogP contribution in [0.1, 0.15) is 11.7 Å². The molecule has 1 saturated heterocycles. The van der Waals surface area contributed by atoms with Gasteiger partial charge in [-0.25, -0.2) is 4.39 Å². The van der Waals surface area contributed by atoms with Crippen LogP contribution >= 0.6 is 0 Å². The Morgan fingerprint density at radius 2 is 2.21 bits per heavy atom. The molecular formula is C10H10FNO2. The van der Waals surface area contributed by atoms with Crippen LogP contribution in [0.5, 0.6) is 0 Å². The Bertz CT molecular complexity index is 344. The number of carbonyl (C=O) groups is 1. The summed E-state index contributed by atoms with van der Waals surface area (Å²) in [6, 6.07) is 6.42. The van der Waals surface area contributed by atoms with E-state index in [2.05, 4.69) is 5.32 Å². The lowest BCUT2D eigenvalue weighted by Gasteiger charge is -2.23. The quantitative estimate of drug-likeness (QED) is 0.726. The van der Waals surface area contributed by atoms with Gasteiger partial charge < -0.3 is 10.1 Å². The third-order valence-electron chi connectivity index (χ3n) is 2.15. The summed E-state index contributed by atoms with van der Waals surface area (Å²) in [4.78, 5) is 10.8. The van der Waals surface area contributed by atoms with Crippen molar-refractivity contribution in [1.82, 2.24) is 5.32 Å². The molecule has 3 nitrogen and oxygen atoms in total. The molecule has 0 spiro atoms. The maximum atomic E-state index is 13.3. The fourth-order valence-electron chi connectivity index (χ4n) is 1.43. The number of morpholine rings is 1. The van der Waals surface area contributed by atoms with Gasteiger partial charge in [0.05, 0.1) is 0 Å². The number of hydrogen-bond acceptors (Lipinski definition) is 2. The molecule has 1 aliphatic heterocycles. The van der Waals surface area contributed by atoms with Crippen LogP contribution in [0.2, 0.25) is 0 Å². The van der Waals surface area contributed by atoms with Crippen molar-refractivity contribution in [2.75, 3.05) is 13.2 Å². The van der Waals surface area contributed by atoms with E-state index in [0.29, 0.717) is 12.1 Å². The minimum absolute atomic E-state index is 0.000991. The third kappa shape index (κ3) is 1.75. The second-order valence-electron chi connectivity index (χ2n) is 3.13. The summed E-state index contributed by atoms with van der Waals surface area (Å²) in [6.07, 6.45) is -0.367. The highest BCUT2D eigenvalue weighted by molar-refractivity contribution is 5.77. The van der Waals surface area contributed by atoms with E-state index in [4.69, 9.17) is 4.74 Å². The molecule has 0 saturated carbocycles. The summed E-state index contributed by atoms with van der Waals surface area (Å²) in [5.41, 5.74) is 0.493. The van der Waals surface area contributed by atoms with Gasteiger partial charge in [0.25, 0.3) is 0 Å². The van der Waals surface area contributed by atoms with Crippen molar-refractivity contribution in [3.63, 3.8) is 0 Å². The molecule has 74 valence electrons.